The van der Waals surface area contributed by atoms with Crippen molar-refractivity contribution in [3.63, 3.8) is 0 Å². The topological polar surface area (TPSA) is 0 Å². The first-order valence-corrected chi connectivity index (χ1v) is 17.1. The van der Waals surface area contributed by atoms with Gasteiger partial charge in [-0.2, -0.15) is 0 Å². The molecule has 0 aliphatic carbocycles. The second-order valence-electron chi connectivity index (χ2n) is 0.863. The fraction of sp³-hybridized carbons (Fsp3) is 0. The van der Waals surface area contributed by atoms with Gasteiger partial charge >= 0.3 is 60.1 Å². The van der Waals surface area contributed by atoms with E-state index in [9.17, 15) is 0 Å². The van der Waals surface area contributed by atoms with E-state index >= 15 is 0 Å². The summed E-state index contributed by atoms with van der Waals surface area (Å²) in [7, 11) is 0. The Bertz CT molecular complexity index is 121. The molecular weight excluding hydrogens is 327 g/mol. The van der Waals surface area contributed by atoms with Crippen LogP contribution in [0.5, 0.6) is 0 Å². The van der Waals surface area contributed by atoms with Crippen LogP contribution >= 0.6 is 25.4 Å². The molecule has 0 bridgehead atoms. The number of terminal acetylenes is 2. The van der Waals surface area contributed by atoms with Gasteiger partial charge in [-0.05, 0) is 0 Å². The van der Waals surface area contributed by atoms with Crippen molar-refractivity contribution in [2.75, 3.05) is 0 Å². The standard InChI is InChI=1S/2C2H.2BrH.Sn/c2*1-2;;;/h2*1H;2*1H;/q;;;;+2/p-2. The maximum absolute atomic E-state index is 5.02. The summed E-state index contributed by atoms with van der Waals surface area (Å²) in [5, 5.41) is 0. The van der Waals surface area contributed by atoms with Gasteiger partial charge < -0.3 is 0 Å². The van der Waals surface area contributed by atoms with E-state index in [1.165, 1.54) is 0 Å². The summed E-state index contributed by atoms with van der Waals surface area (Å²) < 4.78 is 5.00. The zero-order valence-electron chi connectivity index (χ0n) is 3.41. The molecule has 0 aliphatic rings. The van der Waals surface area contributed by atoms with E-state index in [1.807, 2.05) is 0 Å². The summed E-state index contributed by atoms with van der Waals surface area (Å²) in [6.45, 7) is 0. The summed E-state index contributed by atoms with van der Waals surface area (Å²) in [6, 6.07) is 0. The molecule has 0 spiro atoms. The molecule has 0 N–H and O–H groups in total. The van der Waals surface area contributed by atoms with E-state index in [2.05, 4.69) is 33.3 Å². The molecule has 0 rings (SSSR count). The SMILES string of the molecule is C#[C][Sn]([Br])([Br])[C]#C. The summed E-state index contributed by atoms with van der Waals surface area (Å²) in [6.07, 6.45) is 10.0. The summed E-state index contributed by atoms with van der Waals surface area (Å²) in [4.78, 5) is 0. The van der Waals surface area contributed by atoms with Gasteiger partial charge in [0.05, 0.1) is 0 Å². The van der Waals surface area contributed by atoms with E-state index in [-0.39, 0.29) is 0 Å². The Hall–Kier alpha value is 0.879. The van der Waals surface area contributed by atoms with Gasteiger partial charge in [0.15, 0.2) is 0 Å². The normalized spacial score (nSPS) is 9.14. The Morgan fingerprint density at radius 1 is 1.14 bits per heavy atom. The van der Waals surface area contributed by atoms with Crippen molar-refractivity contribution in [3.8, 4) is 20.7 Å². The molecule has 0 aromatic carbocycles. The number of hydrogen-bond acceptors (Lipinski definition) is 0. The van der Waals surface area contributed by atoms with Crippen LogP contribution in [0.2, 0.25) is 0 Å². The Kier molecular flexibility index (Phi) is 3.39. The maximum atomic E-state index is 5.02. The third-order valence-corrected chi connectivity index (χ3v) is 8.57. The second kappa shape index (κ2) is 3.02. The second-order valence-corrected chi connectivity index (χ2v) is 28.9. The molecule has 0 fully saturated rings. The van der Waals surface area contributed by atoms with Crippen molar-refractivity contribution < 1.29 is 0 Å². The van der Waals surface area contributed by atoms with Crippen molar-refractivity contribution in [1.82, 2.24) is 0 Å². The molecule has 0 unspecified atom stereocenters. The van der Waals surface area contributed by atoms with Crippen LogP contribution in [0.3, 0.4) is 0 Å². The van der Waals surface area contributed by atoms with E-state index in [0.29, 0.717) is 0 Å². The van der Waals surface area contributed by atoms with Crippen molar-refractivity contribution in [2.45, 2.75) is 0 Å². The van der Waals surface area contributed by atoms with Gasteiger partial charge in [0.25, 0.3) is 0 Å². The van der Waals surface area contributed by atoms with Crippen molar-refractivity contribution in [2.24, 2.45) is 0 Å². The van der Waals surface area contributed by atoms with E-state index in [0.717, 1.165) is 0 Å². The van der Waals surface area contributed by atoms with Crippen LogP contribution in [0.15, 0.2) is 0 Å². The molecule has 0 atom stereocenters. The average Bonchev–Trinajstić information content (AvgIpc) is 1.68. The van der Waals surface area contributed by atoms with Crippen LogP contribution in [0.4, 0.5) is 0 Å². The molecule has 7 heavy (non-hydrogen) atoms. The van der Waals surface area contributed by atoms with Crippen LogP contribution in [0, 0.1) is 20.7 Å². The van der Waals surface area contributed by atoms with Crippen LogP contribution < -0.4 is 0 Å². The predicted molar refractivity (Wildman–Crippen MR) is 41.3 cm³/mol. The molecular formula is C4H2Br2Sn. The van der Waals surface area contributed by atoms with E-state index in [1.54, 1.807) is 0 Å². The van der Waals surface area contributed by atoms with Crippen molar-refractivity contribution >= 4 is 39.3 Å². The van der Waals surface area contributed by atoms with Gasteiger partial charge in [0.1, 0.15) is 0 Å². The first-order chi connectivity index (χ1) is 3.12. The molecule has 0 aliphatic heterocycles. The van der Waals surface area contributed by atoms with Gasteiger partial charge in [-0.25, -0.2) is 0 Å². The van der Waals surface area contributed by atoms with Crippen LogP contribution in [0.1, 0.15) is 0 Å². The fourth-order valence-electron chi connectivity index (χ4n) is 0.0417. The third-order valence-electron chi connectivity index (χ3n) is 0.363. The van der Waals surface area contributed by atoms with E-state index < -0.39 is 13.9 Å². The molecule has 0 amide bonds. The Balaban J connectivity index is 4.00. The average molecular weight is 329 g/mol. The molecule has 3 heteroatoms. The van der Waals surface area contributed by atoms with Crippen LogP contribution in [0.25, 0.3) is 0 Å². The molecule has 0 aromatic rings. The number of hydrogen-bond donors (Lipinski definition) is 0. The minimum absolute atomic E-state index is 2.50. The quantitative estimate of drug-likeness (QED) is 0.468. The Morgan fingerprint density at radius 3 is 1.43 bits per heavy atom. The Labute approximate surface area is 59.4 Å². The molecule has 0 radical (unpaired) electrons. The minimum atomic E-state index is -2.60. The fourth-order valence-corrected chi connectivity index (χ4v) is 0.280. The van der Waals surface area contributed by atoms with Crippen molar-refractivity contribution in [3.05, 3.63) is 0 Å². The molecule has 0 aromatic heterocycles. The van der Waals surface area contributed by atoms with E-state index in [4.69, 9.17) is 12.8 Å². The van der Waals surface area contributed by atoms with Gasteiger partial charge in [0, 0.05) is 0 Å². The molecule has 0 saturated heterocycles. The summed E-state index contributed by atoms with van der Waals surface area (Å²) in [5.41, 5.74) is 0. The molecule has 0 nitrogen and oxygen atoms in total. The first-order valence-electron chi connectivity index (χ1n) is 1.46. The van der Waals surface area contributed by atoms with Crippen molar-refractivity contribution in [1.29, 1.82) is 0 Å². The zero-order chi connectivity index (χ0) is 5.91. The Morgan fingerprint density at radius 2 is 1.43 bits per heavy atom. The summed E-state index contributed by atoms with van der Waals surface area (Å²) in [5.74, 6) is 0. The van der Waals surface area contributed by atoms with Gasteiger partial charge in [-0.1, -0.05) is 0 Å². The first kappa shape index (κ1) is 7.88. The predicted octanol–water partition coefficient (Wildman–Crippen LogP) is 1.56. The zero-order valence-corrected chi connectivity index (χ0v) is 9.44. The third kappa shape index (κ3) is 3.46. The molecule has 36 valence electrons. The van der Waals surface area contributed by atoms with Gasteiger partial charge in [-0.15, -0.1) is 0 Å². The number of rotatable bonds is 0. The number of halogens is 2. The van der Waals surface area contributed by atoms with Gasteiger partial charge in [0.2, 0.25) is 0 Å². The van der Waals surface area contributed by atoms with Crippen LogP contribution in [-0.4, -0.2) is 13.9 Å². The monoisotopic (exact) mass is 328 g/mol. The molecule has 0 heterocycles. The van der Waals surface area contributed by atoms with Crippen LogP contribution in [-0.2, 0) is 0 Å². The molecule has 0 saturated carbocycles. The van der Waals surface area contributed by atoms with Gasteiger partial charge in [-0.3, -0.25) is 0 Å². The summed E-state index contributed by atoms with van der Waals surface area (Å²) >= 11 is 3.87.